The molecule has 18 heavy (non-hydrogen) atoms. The second-order valence-electron chi connectivity index (χ2n) is 4.61. The summed E-state index contributed by atoms with van der Waals surface area (Å²) in [6, 6.07) is 0.416. The average molecular weight is 270 g/mol. The lowest BCUT2D eigenvalue weighted by Crippen LogP contribution is -2.58. The summed E-state index contributed by atoms with van der Waals surface area (Å²) in [7, 11) is 0. The summed E-state index contributed by atoms with van der Waals surface area (Å²) >= 11 is 6.17. The maximum absolute atomic E-state index is 6.17. The van der Waals surface area contributed by atoms with Gasteiger partial charge in [0, 0.05) is 26.2 Å². The molecule has 2 saturated heterocycles. The molecule has 1 unspecified atom stereocenters. The lowest BCUT2D eigenvalue weighted by atomic mass is 10.1. The Bertz CT molecular complexity index is 443. The van der Waals surface area contributed by atoms with E-state index < -0.39 is 0 Å². The molecule has 0 amide bonds. The topological polar surface area (TPSA) is 67.5 Å². The van der Waals surface area contributed by atoms with Gasteiger partial charge in [-0.3, -0.25) is 4.90 Å². The first-order valence-electron chi connectivity index (χ1n) is 6.08. The first kappa shape index (κ1) is 12.0. The van der Waals surface area contributed by atoms with Gasteiger partial charge in [-0.05, 0) is 0 Å². The molecule has 0 saturated carbocycles. The maximum Gasteiger partial charge on any atom is 0.153 e. The van der Waals surface area contributed by atoms with Crippen molar-refractivity contribution in [1.82, 2.24) is 14.9 Å². The highest BCUT2D eigenvalue weighted by atomic mass is 35.5. The van der Waals surface area contributed by atoms with Gasteiger partial charge in [-0.15, -0.1) is 0 Å². The molecule has 0 spiro atoms. The van der Waals surface area contributed by atoms with Crippen LogP contribution >= 0.6 is 11.6 Å². The van der Waals surface area contributed by atoms with Gasteiger partial charge in [0.2, 0.25) is 0 Å². The molecule has 0 bridgehead atoms. The van der Waals surface area contributed by atoms with Gasteiger partial charge in [-0.1, -0.05) is 11.6 Å². The molecule has 2 fully saturated rings. The van der Waals surface area contributed by atoms with Gasteiger partial charge >= 0.3 is 0 Å². The first-order valence-corrected chi connectivity index (χ1v) is 6.46. The quantitative estimate of drug-likeness (QED) is 0.787. The molecule has 0 aliphatic carbocycles. The van der Waals surface area contributed by atoms with Crippen molar-refractivity contribution < 1.29 is 4.74 Å². The fraction of sp³-hybridized carbons (Fsp3) is 0.636. The largest absolute Gasteiger partial charge is 0.382 e. The fourth-order valence-corrected chi connectivity index (χ4v) is 2.75. The van der Waals surface area contributed by atoms with Crippen molar-refractivity contribution in [3.63, 3.8) is 0 Å². The van der Waals surface area contributed by atoms with Crippen molar-refractivity contribution in [1.29, 1.82) is 0 Å². The van der Waals surface area contributed by atoms with Gasteiger partial charge in [0.15, 0.2) is 5.82 Å². The van der Waals surface area contributed by atoms with E-state index in [-0.39, 0.29) is 0 Å². The minimum atomic E-state index is 0.337. The van der Waals surface area contributed by atoms with Gasteiger partial charge < -0.3 is 15.4 Å². The van der Waals surface area contributed by atoms with Crippen molar-refractivity contribution in [3.8, 4) is 0 Å². The number of ether oxygens (including phenoxy) is 1. The molecule has 1 aromatic rings. The number of hydrogen-bond acceptors (Lipinski definition) is 6. The van der Waals surface area contributed by atoms with Gasteiger partial charge in [0.1, 0.15) is 17.2 Å². The SMILES string of the molecule is Nc1ncnc(N2CCN3CCOCC3C2)c1Cl. The smallest absolute Gasteiger partial charge is 0.153 e. The molecule has 3 rings (SSSR count). The number of nitrogens with two attached hydrogens (primary N) is 1. The van der Waals surface area contributed by atoms with Gasteiger partial charge in [0.05, 0.1) is 19.3 Å². The number of anilines is 2. The zero-order valence-electron chi connectivity index (χ0n) is 10.0. The van der Waals surface area contributed by atoms with Gasteiger partial charge in [0.25, 0.3) is 0 Å². The standard InChI is InChI=1S/C11H16ClN5O/c12-9-10(13)14-7-15-11(9)17-2-1-16-3-4-18-6-8(16)5-17/h7-8H,1-6H2,(H2,13,14,15). The minimum absolute atomic E-state index is 0.337. The number of piperazine rings is 1. The summed E-state index contributed by atoms with van der Waals surface area (Å²) in [6.07, 6.45) is 1.46. The van der Waals surface area contributed by atoms with E-state index in [1.54, 1.807) is 0 Å². The van der Waals surface area contributed by atoms with Crippen molar-refractivity contribution in [2.45, 2.75) is 6.04 Å². The lowest BCUT2D eigenvalue weighted by molar-refractivity contribution is -0.0117. The third-order valence-electron chi connectivity index (χ3n) is 3.54. The van der Waals surface area contributed by atoms with Crippen LogP contribution in [0.1, 0.15) is 0 Å². The van der Waals surface area contributed by atoms with Crippen LogP contribution in [0.25, 0.3) is 0 Å². The lowest BCUT2D eigenvalue weighted by Gasteiger charge is -2.44. The van der Waals surface area contributed by atoms with Crippen molar-refractivity contribution in [2.24, 2.45) is 0 Å². The summed E-state index contributed by atoms with van der Waals surface area (Å²) in [5.41, 5.74) is 5.71. The van der Waals surface area contributed by atoms with Crippen LogP contribution in [0, 0.1) is 0 Å². The number of nitrogens with zero attached hydrogens (tertiary/aromatic N) is 4. The van der Waals surface area contributed by atoms with Crippen LogP contribution in [-0.2, 0) is 4.74 Å². The molecule has 0 aromatic carbocycles. The third kappa shape index (κ3) is 2.11. The second kappa shape index (κ2) is 4.87. The molecule has 3 heterocycles. The number of halogens is 1. The maximum atomic E-state index is 6.17. The summed E-state index contributed by atoms with van der Waals surface area (Å²) in [5, 5.41) is 0.447. The van der Waals surface area contributed by atoms with E-state index in [2.05, 4.69) is 19.8 Å². The number of morpholine rings is 1. The molecule has 98 valence electrons. The van der Waals surface area contributed by atoms with Crippen molar-refractivity contribution >= 4 is 23.2 Å². The van der Waals surface area contributed by atoms with Gasteiger partial charge in [-0.2, -0.15) is 0 Å². The number of aromatic nitrogens is 2. The number of hydrogen-bond donors (Lipinski definition) is 1. The molecule has 0 radical (unpaired) electrons. The summed E-state index contributed by atoms with van der Waals surface area (Å²) < 4.78 is 5.52. The van der Waals surface area contributed by atoms with E-state index in [9.17, 15) is 0 Å². The Morgan fingerprint density at radius 1 is 1.33 bits per heavy atom. The highest BCUT2D eigenvalue weighted by molar-refractivity contribution is 6.35. The molecular weight excluding hydrogens is 254 g/mol. The average Bonchev–Trinajstić information content (AvgIpc) is 2.41. The first-order chi connectivity index (χ1) is 8.75. The highest BCUT2D eigenvalue weighted by Gasteiger charge is 2.31. The van der Waals surface area contributed by atoms with E-state index in [1.807, 2.05) is 0 Å². The van der Waals surface area contributed by atoms with Crippen molar-refractivity contribution in [3.05, 3.63) is 11.3 Å². The fourth-order valence-electron chi connectivity index (χ4n) is 2.53. The molecule has 1 atom stereocenters. The van der Waals surface area contributed by atoms with E-state index in [0.717, 1.165) is 45.2 Å². The summed E-state index contributed by atoms with van der Waals surface area (Å²) in [5.74, 6) is 1.07. The zero-order valence-corrected chi connectivity index (χ0v) is 10.8. The van der Waals surface area contributed by atoms with E-state index in [4.69, 9.17) is 22.1 Å². The predicted octanol–water partition coefficient (Wildman–Crippen LogP) is 0.233. The van der Waals surface area contributed by atoms with Crippen LogP contribution < -0.4 is 10.6 Å². The van der Waals surface area contributed by atoms with Crippen LogP contribution in [0.4, 0.5) is 11.6 Å². The molecule has 2 aliphatic rings. The Balaban J connectivity index is 1.79. The number of fused-ring (bicyclic) bond motifs is 1. The number of rotatable bonds is 1. The summed E-state index contributed by atoms with van der Waals surface area (Å²) in [6.45, 7) is 5.40. The predicted molar refractivity (Wildman–Crippen MR) is 69.8 cm³/mol. The Labute approximate surface area is 111 Å². The zero-order chi connectivity index (χ0) is 12.5. The molecule has 7 heteroatoms. The highest BCUT2D eigenvalue weighted by Crippen LogP contribution is 2.28. The molecule has 2 aliphatic heterocycles. The van der Waals surface area contributed by atoms with E-state index in [0.29, 0.717) is 16.9 Å². The van der Waals surface area contributed by atoms with Crippen LogP contribution in [0.3, 0.4) is 0 Å². The monoisotopic (exact) mass is 269 g/mol. The van der Waals surface area contributed by atoms with Crippen LogP contribution in [-0.4, -0.2) is 60.3 Å². The van der Waals surface area contributed by atoms with Gasteiger partial charge in [-0.25, -0.2) is 9.97 Å². The molecular formula is C11H16ClN5O. The third-order valence-corrected chi connectivity index (χ3v) is 3.90. The minimum Gasteiger partial charge on any atom is -0.382 e. The van der Waals surface area contributed by atoms with Crippen molar-refractivity contribution in [2.75, 3.05) is 50.0 Å². The molecule has 1 aromatic heterocycles. The molecule has 6 nitrogen and oxygen atoms in total. The van der Waals surface area contributed by atoms with E-state index >= 15 is 0 Å². The van der Waals surface area contributed by atoms with Crippen LogP contribution in [0.15, 0.2) is 6.33 Å². The Morgan fingerprint density at radius 3 is 3.11 bits per heavy atom. The molecule has 2 N–H and O–H groups in total. The van der Waals surface area contributed by atoms with Crippen LogP contribution in [0.2, 0.25) is 5.02 Å². The van der Waals surface area contributed by atoms with Crippen LogP contribution in [0.5, 0.6) is 0 Å². The Hall–Kier alpha value is -1.11. The number of nitrogen functional groups attached to an aromatic ring is 1. The van der Waals surface area contributed by atoms with E-state index in [1.165, 1.54) is 6.33 Å². The normalized spacial score (nSPS) is 24.9. The second-order valence-corrected chi connectivity index (χ2v) is 4.99. The Morgan fingerprint density at radius 2 is 2.22 bits per heavy atom. The summed E-state index contributed by atoms with van der Waals surface area (Å²) in [4.78, 5) is 12.8. The Kier molecular flexibility index (Phi) is 3.23.